The summed E-state index contributed by atoms with van der Waals surface area (Å²) in [5, 5.41) is 6.30. The fourth-order valence-electron chi connectivity index (χ4n) is 3.56. The Balaban J connectivity index is 1.53. The minimum Gasteiger partial charge on any atom is -0.381 e. The van der Waals surface area contributed by atoms with Crippen molar-refractivity contribution in [2.75, 3.05) is 26.3 Å². The largest absolute Gasteiger partial charge is 0.381 e. The van der Waals surface area contributed by atoms with E-state index >= 15 is 0 Å². The van der Waals surface area contributed by atoms with E-state index in [9.17, 15) is 14.0 Å². The number of ether oxygens (including phenoxy) is 1. The lowest BCUT2D eigenvalue weighted by atomic mass is 9.74. The fraction of sp³-hybridized carbons (Fsp3) is 0.364. The molecule has 1 fully saturated rings. The lowest BCUT2D eigenvalue weighted by Gasteiger charge is -2.38. The third kappa shape index (κ3) is 5.80. The van der Waals surface area contributed by atoms with Crippen LogP contribution < -0.4 is 10.6 Å². The maximum atomic E-state index is 13.4. The Kier molecular flexibility index (Phi) is 7.86. The van der Waals surface area contributed by atoms with Crippen LogP contribution in [0.15, 0.2) is 46.9 Å². The van der Waals surface area contributed by atoms with Gasteiger partial charge in [0.05, 0.1) is 5.56 Å². The SMILES string of the molecule is O=C(CCNC(=O)c1cc(F)ccc1Br)NCC1(c2cccc(Cl)c2)CCOCC1. The Bertz CT molecular complexity index is 919. The van der Waals surface area contributed by atoms with E-state index in [1.54, 1.807) is 0 Å². The van der Waals surface area contributed by atoms with Gasteiger partial charge in [-0.1, -0.05) is 23.7 Å². The number of carbonyl (C=O) groups is 2. The molecule has 0 unspecified atom stereocenters. The van der Waals surface area contributed by atoms with Crippen molar-refractivity contribution in [1.82, 2.24) is 10.6 Å². The van der Waals surface area contributed by atoms with E-state index in [0.717, 1.165) is 24.5 Å². The molecule has 2 N–H and O–H groups in total. The van der Waals surface area contributed by atoms with Crippen molar-refractivity contribution in [3.05, 3.63) is 68.9 Å². The van der Waals surface area contributed by atoms with E-state index in [4.69, 9.17) is 16.3 Å². The van der Waals surface area contributed by atoms with Crippen LogP contribution in [-0.2, 0) is 14.9 Å². The van der Waals surface area contributed by atoms with Crippen LogP contribution in [0.2, 0.25) is 5.02 Å². The molecule has 2 aromatic rings. The summed E-state index contributed by atoms with van der Waals surface area (Å²) in [7, 11) is 0. The second-order valence-corrected chi connectivity index (χ2v) is 8.60. The molecule has 0 aromatic heterocycles. The molecule has 0 bridgehead atoms. The molecule has 1 saturated heterocycles. The Morgan fingerprint density at radius 1 is 1.13 bits per heavy atom. The summed E-state index contributed by atoms with van der Waals surface area (Å²) in [6.07, 6.45) is 1.71. The highest BCUT2D eigenvalue weighted by molar-refractivity contribution is 9.10. The summed E-state index contributed by atoms with van der Waals surface area (Å²) in [5.41, 5.74) is 1.05. The van der Waals surface area contributed by atoms with Crippen molar-refractivity contribution in [2.24, 2.45) is 0 Å². The van der Waals surface area contributed by atoms with E-state index in [1.165, 1.54) is 12.1 Å². The monoisotopic (exact) mass is 496 g/mol. The Hall–Kier alpha value is -1.96. The highest BCUT2D eigenvalue weighted by atomic mass is 79.9. The number of carbonyl (C=O) groups excluding carboxylic acids is 2. The van der Waals surface area contributed by atoms with Gasteiger partial charge in [0.15, 0.2) is 0 Å². The van der Waals surface area contributed by atoms with Crippen molar-refractivity contribution in [3.8, 4) is 0 Å². The zero-order valence-corrected chi connectivity index (χ0v) is 18.7. The third-order valence-electron chi connectivity index (χ3n) is 5.32. The molecule has 1 heterocycles. The summed E-state index contributed by atoms with van der Waals surface area (Å²) in [6, 6.07) is 11.6. The Morgan fingerprint density at radius 2 is 1.90 bits per heavy atom. The summed E-state index contributed by atoms with van der Waals surface area (Å²) >= 11 is 9.40. The Labute approximate surface area is 188 Å². The molecule has 2 amide bonds. The van der Waals surface area contributed by atoms with Crippen LogP contribution >= 0.6 is 27.5 Å². The highest BCUT2D eigenvalue weighted by Crippen LogP contribution is 2.35. The topological polar surface area (TPSA) is 67.4 Å². The molecule has 5 nitrogen and oxygen atoms in total. The van der Waals surface area contributed by atoms with Crippen LogP contribution in [0.5, 0.6) is 0 Å². The zero-order chi connectivity index (χ0) is 21.6. The van der Waals surface area contributed by atoms with Crippen molar-refractivity contribution in [1.29, 1.82) is 0 Å². The first-order valence-corrected chi connectivity index (χ1v) is 10.9. The normalized spacial score (nSPS) is 15.4. The van der Waals surface area contributed by atoms with E-state index < -0.39 is 11.7 Å². The van der Waals surface area contributed by atoms with Gasteiger partial charge in [-0.25, -0.2) is 4.39 Å². The zero-order valence-electron chi connectivity index (χ0n) is 16.3. The molecular weight excluding hydrogens is 475 g/mol. The average Bonchev–Trinajstić information content (AvgIpc) is 2.74. The first kappa shape index (κ1) is 22.7. The lowest BCUT2D eigenvalue weighted by molar-refractivity contribution is -0.121. The predicted molar refractivity (Wildman–Crippen MR) is 117 cm³/mol. The van der Waals surface area contributed by atoms with E-state index in [-0.39, 0.29) is 29.9 Å². The summed E-state index contributed by atoms with van der Waals surface area (Å²) in [6.45, 7) is 1.88. The van der Waals surface area contributed by atoms with Gasteiger partial charge in [-0.3, -0.25) is 9.59 Å². The number of hydrogen-bond donors (Lipinski definition) is 2. The number of hydrogen-bond acceptors (Lipinski definition) is 3. The van der Waals surface area contributed by atoms with Gasteiger partial charge >= 0.3 is 0 Å². The summed E-state index contributed by atoms with van der Waals surface area (Å²) < 4.78 is 19.4. The van der Waals surface area contributed by atoms with E-state index in [1.807, 2.05) is 24.3 Å². The fourth-order valence-corrected chi connectivity index (χ4v) is 4.18. The maximum absolute atomic E-state index is 13.4. The van der Waals surface area contributed by atoms with Gasteiger partial charge in [0.1, 0.15) is 5.82 Å². The molecule has 0 aliphatic carbocycles. The molecule has 2 aromatic carbocycles. The minimum atomic E-state index is -0.496. The summed E-state index contributed by atoms with van der Waals surface area (Å²) in [4.78, 5) is 24.6. The van der Waals surface area contributed by atoms with Crippen molar-refractivity contribution in [2.45, 2.75) is 24.7 Å². The molecule has 0 atom stereocenters. The first-order valence-electron chi connectivity index (χ1n) is 9.73. The molecule has 1 aliphatic heterocycles. The molecule has 160 valence electrons. The van der Waals surface area contributed by atoms with Crippen LogP contribution in [0, 0.1) is 5.82 Å². The highest BCUT2D eigenvalue weighted by Gasteiger charge is 2.35. The van der Waals surface area contributed by atoms with Crippen LogP contribution in [-0.4, -0.2) is 38.1 Å². The molecule has 0 spiro atoms. The van der Waals surface area contributed by atoms with Gasteiger partial charge in [-0.15, -0.1) is 0 Å². The quantitative estimate of drug-likeness (QED) is 0.602. The molecule has 0 saturated carbocycles. The maximum Gasteiger partial charge on any atom is 0.252 e. The minimum absolute atomic E-state index is 0.126. The number of rotatable bonds is 7. The number of benzene rings is 2. The molecule has 0 radical (unpaired) electrons. The number of nitrogens with one attached hydrogen (secondary N) is 2. The number of amides is 2. The summed E-state index contributed by atoms with van der Waals surface area (Å²) in [5.74, 6) is -1.10. The van der Waals surface area contributed by atoms with E-state index in [2.05, 4.69) is 26.6 Å². The smallest absolute Gasteiger partial charge is 0.252 e. The molecule has 30 heavy (non-hydrogen) atoms. The van der Waals surface area contributed by atoms with Gasteiger partial charge in [-0.2, -0.15) is 0 Å². The second kappa shape index (κ2) is 10.4. The van der Waals surface area contributed by atoms with Gasteiger partial charge in [0.25, 0.3) is 5.91 Å². The van der Waals surface area contributed by atoms with Crippen molar-refractivity contribution < 1.29 is 18.7 Å². The van der Waals surface area contributed by atoms with Gasteiger partial charge < -0.3 is 15.4 Å². The number of halogens is 3. The first-order chi connectivity index (χ1) is 14.4. The second-order valence-electron chi connectivity index (χ2n) is 7.31. The van der Waals surface area contributed by atoms with Crippen LogP contribution in [0.1, 0.15) is 35.2 Å². The lowest BCUT2D eigenvalue weighted by Crippen LogP contribution is -2.45. The molecule has 1 aliphatic rings. The van der Waals surface area contributed by atoms with Crippen molar-refractivity contribution in [3.63, 3.8) is 0 Å². The predicted octanol–water partition coefficient (Wildman–Crippen LogP) is 4.23. The van der Waals surface area contributed by atoms with Gasteiger partial charge in [0, 0.05) is 47.6 Å². The standard InChI is InChI=1S/C22H23BrClFN2O3/c23-19-5-4-17(25)13-18(19)21(29)26-9-6-20(28)27-14-22(7-10-30-11-8-22)15-2-1-3-16(24)12-15/h1-5,12-13H,6-11,14H2,(H,26,29)(H,27,28). The Morgan fingerprint density at radius 3 is 2.63 bits per heavy atom. The molecule has 8 heteroatoms. The van der Waals surface area contributed by atoms with Gasteiger partial charge in [0.2, 0.25) is 5.91 Å². The van der Waals surface area contributed by atoms with Gasteiger partial charge in [-0.05, 0) is 64.7 Å². The molecular formula is C22H23BrClFN2O3. The van der Waals surface area contributed by atoms with Crippen LogP contribution in [0.3, 0.4) is 0 Å². The third-order valence-corrected chi connectivity index (χ3v) is 6.25. The molecule has 3 rings (SSSR count). The van der Waals surface area contributed by atoms with Crippen LogP contribution in [0.4, 0.5) is 4.39 Å². The van der Waals surface area contributed by atoms with Crippen LogP contribution in [0.25, 0.3) is 0 Å². The van der Waals surface area contributed by atoms with E-state index in [0.29, 0.717) is 29.3 Å². The van der Waals surface area contributed by atoms with Crippen molar-refractivity contribution >= 4 is 39.3 Å². The average molecular weight is 498 g/mol.